The van der Waals surface area contributed by atoms with Crippen LogP contribution in [0.25, 0.3) is 0 Å². The van der Waals surface area contributed by atoms with Crippen LogP contribution in [0.1, 0.15) is 63.9 Å². The Balaban J connectivity index is 1.31. The molecule has 1 aromatic carbocycles. The predicted molar refractivity (Wildman–Crippen MR) is 122 cm³/mol. The molecule has 2 heterocycles. The van der Waals surface area contributed by atoms with Crippen LogP contribution in [0.5, 0.6) is 0 Å². The lowest BCUT2D eigenvalue weighted by atomic mass is 9.98. The summed E-state index contributed by atoms with van der Waals surface area (Å²) in [7, 11) is -3.69. The van der Waals surface area contributed by atoms with Gasteiger partial charge in [-0.15, -0.1) is 0 Å². The maximum Gasteiger partial charge on any atom is 0.243 e. The molecule has 0 radical (unpaired) electrons. The molecule has 1 aromatic rings. The zero-order valence-electron chi connectivity index (χ0n) is 18.8. The number of hydrogen-bond acceptors (Lipinski definition) is 4. The summed E-state index contributed by atoms with van der Waals surface area (Å²) < 4.78 is 28.3. The number of sulfonamides is 1. The molecular weight excluding hydrogens is 426 g/mol. The SMILES string of the molecule is C[C@H]1Cc2cc(S(=O)(=O)N3CCC[C@H](C(=O)NC4CCCC4)C3)ccc2N1C(=O)C1CC1. The van der Waals surface area contributed by atoms with Crippen molar-refractivity contribution in [1.82, 2.24) is 9.62 Å². The Hall–Kier alpha value is -1.93. The monoisotopic (exact) mass is 459 g/mol. The van der Waals surface area contributed by atoms with Crippen molar-refractivity contribution in [2.45, 2.75) is 81.7 Å². The Kier molecular flexibility index (Phi) is 5.78. The van der Waals surface area contributed by atoms with Gasteiger partial charge in [-0.25, -0.2) is 8.42 Å². The van der Waals surface area contributed by atoms with Gasteiger partial charge in [0.15, 0.2) is 0 Å². The lowest BCUT2D eigenvalue weighted by molar-refractivity contribution is -0.126. The third kappa shape index (κ3) is 4.07. The van der Waals surface area contributed by atoms with Crippen molar-refractivity contribution in [2.24, 2.45) is 11.8 Å². The van der Waals surface area contributed by atoms with Crippen LogP contribution in [0.4, 0.5) is 5.69 Å². The van der Waals surface area contributed by atoms with Gasteiger partial charge < -0.3 is 10.2 Å². The molecule has 8 heteroatoms. The quantitative estimate of drug-likeness (QED) is 0.734. The van der Waals surface area contributed by atoms with Gasteiger partial charge in [0.05, 0.1) is 10.8 Å². The van der Waals surface area contributed by atoms with Crippen molar-refractivity contribution in [2.75, 3.05) is 18.0 Å². The summed E-state index contributed by atoms with van der Waals surface area (Å²) in [6, 6.07) is 5.45. The Morgan fingerprint density at radius 1 is 1.00 bits per heavy atom. The molecule has 2 atom stereocenters. The molecule has 0 bridgehead atoms. The Labute approximate surface area is 190 Å². The number of piperidine rings is 1. The molecule has 0 aromatic heterocycles. The third-order valence-electron chi connectivity index (χ3n) is 7.52. The molecule has 32 heavy (non-hydrogen) atoms. The van der Waals surface area contributed by atoms with Gasteiger partial charge in [0.25, 0.3) is 0 Å². The molecule has 4 aliphatic rings. The minimum absolute atomic E-state index is 0.00573. The van der Waals surface area contributed by atoms with Crippen molar-refractivity contribution in [3.05, 3.63) is 23.8 Å². The van der Waals surface area contributed by atoms with E-state index in [4.69, 9.17) is 0 Å². The number of carbonyl (C=O) groups excluding carboxylic acids is 2. The minimum Gasteiger partial charge on any atom is -0.353 e. The van der Waals surface area contributed by atoms with Gasteiger partial charge in [-0.1, -0.05) is 12.8 Å². The number of rotatable bonds is 5. The van der Waals surface area contributed by atoms with E-state index in [1.807, 2.05) is 11.8 Å². The number of hydrogen-bond donors (Lipinski definition) is 1. The van der Waals surface area contributed by atoms with E-state index in [-0.39, 0.29) is 47.2 Å². The van der Waals surface area contributed by atoms with E-state index < -0.39 is 10.0 Å². The second-order valence-electron chi connectivity index (χ2n) is 10.0. The second kappa shape index (κ2) is 8.45. The molecule has 2 aliphatic carbocycles. The molecule has 1 N–H and O–H groups in total. The fraction of sp³-hybridized carbons (Fsp3) is 0.667. The molecule has 174 valence electrons. The molecular formula is C24H33N3O4S. The molecule has 1 saturated heterocycles. The zero-order chi connectivity index (χ0) is 22.5. The number of fused-ring (bicyclic) bond motifs is 1. The second-order valence-corrected chi connectivity index (χ2v) is 12.0. The molecule has 0 spiro atoms. The van der Waals surface area contributed by atoms with Crippen molar-refractivity contribution in [3.8, 4) is 0 Å². The number of carbonyl (C=O) groups is 2. The van der Waals surface area contributed by atoms with Crippen molar-refractivity contribution >= 4 is 27.5 Å². The summed E-state index contributed by atoms with van der Waals surface area (Å²) in [5.41, 5.74) is 1.76. The van der Waals surface area contributed by atoms with Gasteiger partial charge in [0.2, 0.25) is 21.8 Å². The number of amides is 2. The lowest BCUT2D eigenvalue weighted by Crippen LogP contribution is -2.47. The summed E-state index contributed by atoms with van der Waals surface area (Å²) >= 11 is 0. The Morgan fingerprint density at radius 2 is 1.75 bits per heavy atom. The van der Waals surface area contributed by atoms with E-state index >= 15 is 0 Å². The van der Waals surface area contributed by atoms with Crippen LogP contribution >= 0.6 is 0 Å². The topological polar surface area (TPSA) is 86.8 Å². The smallest absolute Gasteiger partial charge is 0.243 e. The minimum atomic E-state index is -3.69. The Morgan fingerprint density at radius 3 is 2.47 bits per heavy atom. The molecule has 3 fully saturated rings. The van der Waals surface area contributed by atoms with Gasteiger partial charge in [-0.05, 0) is 75.6 Å². The standard InChI is InChI=1S/C24H33N3O4S/c1-16-13-19-14-21(10-11-22(19)27(16)24(29)17-8-9-17)32(30,31)26-12-4-5-18(15-26)23(28)25-20-6-2-3-7-20/h10-11,14,16-18,20H,2-9,12-13,15H2,1H3,(H,25,28)/t16-,18-/m0/s1. The highest BCUT2D eigenvalue weighted by atomic mass is 32.2. The molecule has 2 saturated carbocycles. The van der Waals surface area contributed by atoms with Crippen LogP contribution in [-0.2, 0) is 26.0 Å². The highest BCUT2D eigenvalue weighted by Crippen LogP contribution is 2.40. The third-order valence-corrected chi connectivity index (χ3v) is 9.39. The van der Waals surface area contributed by atoms with Crippen LogP contribution in [0, 0.1) is 11.8 Å². The average Bonchev–Trinajstić information content (AvgIpc) is 3.41. The number of nitrogens with zero attached hydrogens (tertiary/aromatic N) is 2. The van der Waals surface area contributed by atoms with E-state index in [1.165, 1.54) is 4.31 Å². The maximum absolute atomic E-state index is 13.4. The fourth-order valence-corrected chi connectivity index (χ4v) is 7.12. The first-order valence-corrected chi connectivity index (χ1v) is 13.5. The van der Waals surface area contributed by atoms with Crippen LogP contribution in [0.2, 0.25) is 0 Å². The molecule has 2 amide bonds. The first-order chi connectivity index (χ1) is 15.3. The zero-order valence-corrected chi connectivity index (χ0v) is 19.6. The first-order valence-electron chi connectivity index (χ1n) is 12.1. The maximum atomic E-state index is 13.4. The molecule has 0 unspecified atom stereocenters. The molecule has 2 aliphatic heterocycles. The summed E-state index contributed by atoms with van der Waals surface area (Å²) in [6.07, 6.45) is 8.33. The average molecular weight is 460 g/mol. The predicted octanol–water partition coefficient (Wildman–Crippen LogP) is 2.83. The van der Waals surface area contributed by atoms with Crippen LogP contribution < -0.4 is 10.2 Å². The van der Waals surface area contributed by atoms with Crippen LogP contribution in [0.15, 0.2) is 23.1 Å². The molecule has 7 nitrogen and oxygen atoms in total. The van der Waals surface area contributed by atoms with E-state index in [2.05, 4.69) is 5.32 Å². The van der Waals surface area contributed by atoms with E-state index in [9.17, 15) is 18.0 Å². The highest BCUT2D eigenvalue weighted by molar-refractivity contribution is 7.89. The number of benzene rings is 1. The van der Waals surface area contributed by atoms with Crippen LogP contribution in [-0.4, -0.2) is 49.7 Å². The largest absolute Gasteiger partial charge is 0.353 e. The normalized spacial score (nSPS) is 26.8. The summed E-state index contributed by atoms with van der Waals surface area (Å²) in [6.45, 7) is 2.70. The van der Waals surface area contributed by atoms with Crippen LogP contribution in [0.3, 0.4) is 0 Å². The first kappa shape index (κ1) is 21.9. The van der Waals surface area contributed by atoms with Gasteiger partial charge >= 0.3 is 0 Å². The van der Waals surface area contributed by atoms with E-state index in [0.717, 1.165) is 56.2 Å². The summed E-state index contributed by atoms with van der Waals surface area (Å²) in [5.74, 6) is 0.000476. The van der Waals surface area contributed by atoms with Crippen molar-refractivity contribution < 1.29 is 18.0 Å². The Bertz CT molecular complexity index is 1010. The number of anilines is 1. The van der Waals surface area contributed by atoms with Gasteiger partial charge in [0.1, 0.15) is 0 Å². The summed E-state index contributed by atoms with van der Waals surface area (Å²) in [5, 5.41) is 3.13. The molecule has 5 rings (SSSR count). The van der Waals surface area contributed by atoms with Crippen molar-refractivity contribution in [3.63, 3.8) is 0 Å². The van der Waals surface area contributed by atoms with Crippen molar-refractivity contribution in [1.29, 1.82) is 0 Å². The number of nitrogens with one attached hydrogen (secondary N) is 1. The van der Waals surface area contributed by atoms with Gasteiger partial charge in [-0.3, -0.25) is 9.59 Å². The lowest BCUT2D eigenvalue weighted by Gasteiger charge is -2.32. The highest BCUT2D eigenvalue weighted by Gasteiger charge is 2.40. The van der Waals surface area contributed by atoms with E-state index in [1.54, 1.807) is 18.2 Å². The summed E-state index contributed by atoms with van der Waals surface area (Å²) in [4.78, 5) is 27.6. The fourth-order valence-electron chi connectivity index (χ4n) is 5.54. The van der Waals surface area contributed by atoms with Gasteiger partial charge in [0, 0.05) is 36.8 Å². The van der Waals surface area contributed by atoms with E-state index in [0.29, 0.717) is 19.4 Å². The van der Waals surface area contributed by atoms with Gasteiger partial charge in [-0.2, -0.15) is 4.31 Å².